The molecular formula is C13H22N6O3S. The van der Waals surface area contributed by atoms with Crippen molar-refractivity contribution in [1.29, 1.82) is 0 Å². The Bertz CT molecular complexity index is 673. The SMILES string of the molecule is CCCCS(=O)(=O)N1CCCC1C(=O)N1CCCn2nnnc21. The maximum absolute atomic E-state index is 12.9. The zero-order valence-corrected chi connectivity index (χ0v) is 14.1. The number of carbonyl (C=O) groups excluding carboxylic acids is 1. The smallest absolute Gasteiger partial charge is 0.252 e. The van der Waals surface area contributed by atoms with Gasteiger partial charge in [0.05, 0.1) is 5.75 Å². The van der Waals surface area contributed by atoms with Crippen LogP contribution in [-0.2, 0) is 21.4 Å². The van der Waals surface area contributed by atoms with Gasteiger partial charge in [-0.15, -0.1) is 0 Å². The fraction of sp³-hybridized carbons (Fsp3) is 0.846. The van der Waals surface area contributed by atoms with Crippen LogP contribution in [0, 0.1) is 0 Å². The molecule has 0 aromatic carbocycles. The number of hydrogen-bond donors (Lipinski definition) is 0. The van der Waals surface area contributed by atoms with E-state index in [0.717, 1.165) is 12.8 Å². The molecule has 2 aliphatic rings. The van der Waals surface area contributed by atoms with E-state index in [9.17, 15) is 13.2 Å². The van der Waals surface area contributed by atoms with Crippen molar-refractivity contribution in [1.82, 2.24) is 24.5 Å². The van der Waals surface area contributed by atoms with Gasteiger partial charge in [-0.05, 0) is 36.1 Å². The van der Waals surface area contributed by atoms with E-state index in [0.29, 0.717) is 44.8 Å². The van der Waals surface area contributed by atoms with E-state index in [-0.39, 0.29) is 11.7 Å². The lowest BCUT2D eigenvalue weighted by atomic mass is 10.2. The van der Waals surface area contributed by atoms with Gasteiger partial charge < -0.3 is 0 Å². The highest BCUT2D eigenvalue weighted by molar-refractivity contribution is 7.89. The first-order valence-electron chi connectivity index (χ1n) is 8.11. The largest absolute Gasteiger partial charge is 0.278 e. The number of sulfonamides is 1. The Morgan fingerprint density at radius 1 is 1.26 bits per heavy atom. The van der Waals surface area contributed by atoms with Crippen LogP contribution in [0.1, 0.15) is 39.0 Å². The van der Waals surface area contributed by atoms with Crippen LogP contribution in [0.25, 0.3) is 0 Å². The number of rotatable bonds is 5. The molecule has 0 bridgehead atoms. The Hall–Kier alpha value is -1.55. The number of hydrogen-bond acceptors (Lipinski definition) is 6. The summed E-state index contributed by atoms with van der Waals surface area (Å²) < 4.78 is 28.0. The first kappa shape index (κ1) is 16.3. The molecule has 3 rings (SSSR count). The number of carbonyl (C=O) groups is 1. The van der Waals surface area contributed by atoms with E-state index in [1.807, 2.05) is 6.92 Å². The van der Waals surface area contributed by atoms with E-state index in [4.69, 9.17) is 0 Å². The summed E-state index contributed by atoms with van der Waals surface area (Å²) in [6.45, 7) is 3.57. The summed E-state index contributed by atoms with van der Waals surface area (Å²) in [5.41, 5.74) is 0. The molecule has 2 aliphatic heterocycles. The van der Waals surface area contributed by atoms with E-state index >= 15 is 0 Å². The predicted octanol–water partition coefficient (Wildman–Crippen LogP) is 0.00410. The van der Waals surface area contributed by atoms with Crippen molar-refractivity contribution in [3.63, 3.8) is 0 Å². The van der Waals surface area contributed by atoms with Gasteiger partial charge in [-0.1, -0.05) is 18.4 Å². The summed E-state index contributed by atoms with van der Waals surface area (Å²) in [6.07, 6.45) is 3.45. The van der Waals surface area contributed by atoms with E-state index in [1.54, 1.807) is 4.68 Å². The minimum absolute atomic E-state index is 0.102. The van der Waals surface area contributed by atoms with Crippen LogP contribution in [0.2, 0.25) is 0 Å². The van der Waals surface area contributed by atoms with Gasteiger partial charge in [-0.2, -0.15) is 4.31 Å². The third-order valence-electron chi connectivity index (χ3n) is 4.37. The van der Waals surface area contributed by atoms with Crippen LogP contribution in [0.3, 0.4) is 0 Å². The van der Waals surface area contributed by atoms with Crippen LogP contribution in [0.4, 0.5) is 5.95 Å². The van der Waals surface area contributed by atoms with Crippen molar-refractivity contribution in [3.8, 4) is 0 Å². The minimum atomic E-state index is -3.39. The second kappa shape index (κ2) is 6.52. The number of fused-ring (bicyclic) bond motifs is 1. The average Bonchev–Trinajstić information content (AvgIpc) is 3.20. The van der Waals surface area contributed by atoms with Crippen LogP contribution < -0.4 is 4.90 Å². The quantitative estimate of drug-likeness (QED) is 0.747. The molecule has 1 atom stereocenters. The van der Waals surface area contributed by atoms with Gasteiger partial charge in [0.25, 0.3) is 5.95 Å². The molecule has 128 valence electrons. The molecule has 9 nitrogen and oxygen atoms in total. The number of amides is 1. The van der Waals surface area contributed by atoms with E-state index in [2.05, 4.69) is 15.5 Å². The minimum Gasteiger partial charge on any atom is -0.278 e. The molecular weight excluding hydrogens is 320 g/mol. The van der Waals surface area contributed by atoms with Crippen LogP contribution in [0.5, 0.6) is 0 Å². The molecule has 1 amide bonds. The fourth-order valence-electron chi connectivity index (χ4n) is 3.17. The molecule has 0 saturated carbocycles. The standard InChI is InChI=1S/C13H22N6O3S/c1-2-3-10-23(21,22)19-9-4-6-11(19)12(20)17-7-5-8-18-13(17)14-15-16-18/h11H,2-10H2,1H3. The van der Waals surface area contributed by atoms with Crippen molar-refractivity contribution in [2.75, 3.05) is 23.7 Å². The lowest BCUT2D eigenvalue weighted by molar-refractivity contribution is -0.121. The van der Waals surface area contributed by atoms with Gasteiger partial charge in [0, 0.05) is 19.6 Å². The summed E-state index contributed by atoms with van der Waals surface area (Å²) in [7, 11) is -3.39. The number of anilines is 1. The molecule has 0 N–H and O–H groups in total. The lowest BCUT2D eigenvalue weighted by Gasteiger charge is -2.30. The van der Waals surface area contributed by atoms with Crippen molar-refractivity contribution < 1.29 is 13.2 Å². The monoisotopic (exact) mass is 342 g/mol. The highest BCUT2D eigenvalue weighted by Gasteiger charge is 2.41. The highest BCUT2D eigenvalue weighted by Crippen LogP contribution is 2.26. The summed E-state index contributed by atoms with van der Waals surface area (Å²) in [6, 6.07) is -0.625. The molecule has 1 aromatic rings. The Kier molecular flexibility index (Phi) is 4.62. The fourth-order valence-corrected chi connectivity index (χ4v) is 5.05. The topological polar surface area (TPSA) is 101 Å². The average molecular weight is 342 g/mol. The third-order valence-corrected chi connectivity index (χ3v) is 6.33. The second-order valence-corrected chi connectivity index (χ2v) is 8.02. The normalized spacial score (nSPS) is 22.3. The molecule has 1 fully saturated rings. The van der Waals surface area contributed by atoms with Gasteiger partial charge in [0.2, 0.25) is 15.9 Å². The Morgan fingerprint density at radius 3 is 2.87 bits per heavy atom. The molecule has 1 saturated heterocycles. The summed E-state index contributed by atoms with van der Waals surface area (Å²) in [5.74, 6) is 0.308. The molecule has 0 aliphatic carbocycles. The molecule has 0 spiro atoms. The molecule has 10 heteroatoms. The molecule has 1 aromatic heterocycles. The maximum atomic E-state index is 12.9. The van der Waals surface area contributed by atoms with E-state index in [1.165, 1.54) is 9.21 Å². The molecule has 3 heterocycles. The lowest BCUT2D eigenvalue weighted by Crippen LogP contribution is -2.50. The van der Waals surface area contributed by atoms with Gasteiger partial charge in [0.15, 0.2) is 0 Å². The highest BCUT2D eigenvalue weighted by atomic mass is 32.2. The van der Waals surface area contributed by atoms with Gasteiger partial charge in [-0.25, -0.2) is 13.1 Å². The zero-order valence-electron chi connectivity index (χ0n) is 13.3. The first-order valence-corrected chi connectivity index (χ1v) is 9.72. The van der Waals surface area contributed by atoms with E-state index < -0.39 is 16.1 Å². The Morgan fingerprint density at radius 2 is 2.09 bits per heavy atom. The zero-order chi connectivity index (χ0) is 16.4. The number of nitrogens with zero attached hydrogens (tertiary/aromatic N) is 6. The molecule has 0 radical (unpaired) electrons. The van der Waals surface area contributed by atoms with Crippen molar-refractivity contribution in [2.24, 2.45) is 0 Å². The number of unbranched alkanes of at least 4 members (excludes halogenated alkanes) is 1. The van der Waals surface area contributed by atoms with Crippen molar-refractivity contribution in [3.05, 3.63) is 0 Å². The molecule has 23 heavy (non-hydrogen) atoms. The number of aromatic nitrogens is 4. The summed E-state index contributed by atoms with van der Waals surface area (Å²) in [5, 5.41) is 11.4. The summed E-state index contributed by atoms with van der Waals surface area (Å²) in [4.78, 5) is 14.4. The van der Waals surface area contributed by atoms with Gasteiger partial charge >= 0.3 is 0 Å². The van der Waals surface area contributed by atoms with Gasteiger partial charge in [0.1, 0.15) is 6.04 Å². The Labute approximate surface area is 135 Å². The Balaban J connectivity index is 1.80. The van der Waals surface area contributed by atoms with Crippen LogP contribution in [-0.4, -0.2) is 63.7 Å². The summed E-state index contributed by atoms with van der Waals surface area (Å²) >= 11 is 0. The van der Waals surface area contributed by atoms with Crippen LogP contribution in [0.15, 0.2) is 0 Å². The number of tetrazole rings is 1. The predicted molar refractivity (Wildman–Crippen MR) is 83.2 cm³/mol. The first-order chi connectivity index (χ1) is 11.0. The second-order valence-electron chi connectivity index (χ2n) is 5.98. The van der Waals surface area contributed by atoms with Gasteiger partial charge in [-0.3, -0.25) is 9.69 Å². The third kappa shape index (κ3) is 3.09. The van der Waals surface area contributed by atoms with Crippen molar-refractivity contribution >= 4 is 21.9 Å². The maximum Gasteiger partial charge on any atom is 0.252 e. The number of aryl methyl sites for hydroxylation is 1. The van der Waals surface area contributed by atoms with Crippen molar-refractivity contribution in [2.45, 2.75) is 51.6 Å². The molecule has 1 unspecified atom stereocenters. The van der Waals surface area contributed by atoms with Crippen LogP contribution >= 0.6 is 0 Å².